The monoisotopic (exact) mass is 307 g/mol. The highest BCUT2D eigenvalue weighted by molar-refractivity contribution is 6.19. The molecule has 4 N–H and O–H groups in total. The van der Waals surface area contributed by atoms with Crippen LogP contribution in [-0.2, 0) is 9.59 Å². The van der Waals surface area contributed by atoms with E-state index < -0.39 is 34.6 Å². The minimum Gasteiger partial charge on any atom is -0.507 e. The number of benzene rings is 1. The maximum atomic E-state index is 11.7. The van der Waals surface area contributed by atoms with Gasteiger partial charge in [0.1, 0.15) is 5.75 Å². The van der Waals surface area contributed by atoms with E-state index in [1.54, 1.807) is 0 Å². The molecule has 3 amide bonds. The van der Waals surface area contributed by atoms with Crippen LogP contribution in [0.4, 0.5) is 0 Å². The third-order valence-electron chi connectivity index (χ3n) is 2.61. The standard InChI is InChI=1S/C11H9N5O6/c17-6-4-2-1-3-5(6)8(18)14-15-11-12-9(19)7(16(21)22)10(20)13-11/h1-4,7,17H,(H,14,18)(H2,12,13,15,19,20). The van der Waals surface area contributed by atoms with Gasteiger partial charge in [-0.15, -0.1) is 5.10 Å². The zero-order valence-electron chi connectivity index (χ0n) is 10.8. The number of guanidine groups is 1. The fourth-order valence-electron chi connectivity index (χ4n) is 1.60. The van der Waals surface area contributed by atoms with Crippen molar-refractivity contribution in [2.45, 2.75) is 6.04 Å². The molecule has 1 aliphatic heterocycles. The van der Waals surface area contributed by atoms with Crippen LogP contribution in [0, 0.1) is 10.1 Å². The summed E-state index contributed by atoms with van der Waals surface area (Å²) in [6.07, 6.45) is 0. The zero-order valence-corrected chi connectivity index (χ0v) is 10.8. The van der Waals surface area contributed by atoms with E-state index in [0.717, 1.165) is 0 Å². The number of hydrogen-bond acceptors (Lipinski definition) is 7. The number of rotatable bonds is 3. The van der Waals surface area contributed by atoms with Crippen LogP contribution in [0.2, 0.25) is 0 Å². The van der Waals surface area contributed by atoms with Crippen LogP contribution in [0.15, 0.2) is 29.4 Å². The first kappa shape index (κ1) is 14.9. The van der Waals surface area contributed by atoms with Gasteiger partial charge >= 0.3 is 17.9 Å². The van der Waals surface area contributed by atoms with E-state index in [1.807, 2.05) is 16.1 Å². The summed E-state index contributed by atoms with van der Waals surface area (Å²) in [4.78, 5) is 44.0. The lowest BCUT2D eigenvalue weighted by Gasteiger charge is -2.17. The molecule has 1 saturated heterocycles. The summed E-state index contributed by atoms with van der Waals surface area (Å²) in [6.45, 7) is 0. The van der Waals surface area contributed by atoms with Crippen molar-refractivity contribution in [1.82, 2.24) is 16.1 Å². The van der Waals surface area contributed by atoms with Crippen molar-refractivity contribution in [2.75, 3.05) is 0 Å². The molecular weight excluding hydrogens is 298 g/mol. The number of nitro groups is 1. The molecule has 2 rings (SSSR count). The zero-order chi connectivity index (χ0) is 16.3. The Morgan fingerprint density at radius 1 is 1.27 bits per heavy atom. The number of hydrogen-bond donors (Lipinski definition) is 4. The van der Waals surface area contributed by atoms with Gasteiger partial charge in [0.05, 0.1) is 5.56 Å². The van der Waals surface area contributed by atoms with Gasteiger partial charge in [-0.2, -0.15) is 0 Å². The van der Waals surface area contributed by atoms with Gasteiger partial charge in [-0.1, -0.05) is 12.1 Å². The Labute approximate surface area is 122 Å². The fourth-order valence-corrected chi connectivity index (χ4v) is 1.60. The Bertz CT molecular complexity index is 680. The van der Waals surface area contributed by atoms with Crippen molar-refractivity contribution in [3.05, 3.63) is 39.9 Å². The minimum atomic E-state index is -2.08. The second-order valence-corrected chi connectivity index (χ2v) is 4.08. The third kappa shape index (κ3) is 2.98. The topological polar surface area (TPSA) is 163 Å². The Morgan fingerprint density at radius 3 is 2.41 bits per heavy atom. The molecule has 114 valence electrons. The number of carbonyl (C=O) groups excluding carboxylic acids is 3. The van der Waals surface area contributed by atoms with E-state index in [1.165, 1.54) is 24.3 Å². The Kier molecular flexibility index (Phi) is 3.97. The molecule has 1 heterocycles. The lowest BCUT2D eigenvalue weighted by atomic mass is 10.2. The summed E-state index contributed by atoms with van der Waals surface area (Å²) in [5.74, 6) is -3.90. The van der Waals surface area contributed by atoms with Gasteiger partial charge in [0, 0.05) is 4.92 Å². The van der Waals surface area contributed by atoms with Crippen molar-refractivity contribution in [3.8, 4) is 5.75 Å². The van der Waals surface area contributed by atoms with Gasteiger partial charge in [-0.05, 0) is 12.1 Å². The molecule has 1 aromatic carbocycles. The smallest absolute Gasteiger partial charge is 0.366 e. The predicted molar refractivity (Wildman–Crippen MR) is 70.1 cm³/mol. The average Bonchev–Trinajstić information content (AvgIpc) is 2.44. The molecule has 11 nitrogen and oxygen atoms in total. The molecule has 0 radical (unpaired) electrons. The maximum Gasteiger partial charge on any atom is 0.366 e. The van der Waals surface area contributed by atoms with Gasteiger partial charge in [0.2, 0.25) is 5.96 Å². The molecule has 22 heavy (non-hydrogen) atoms. The number of phenolic OH excluding ortho intramolecular Hbond substituents is 1. The minimum absolute atomic E-state index is 0.0801. The first-order valence-electron chi connectivity index (χ1n) is 5.81. The second kappa shape index (κ2) is 5.87. The number of nitrogens with one attached hydrogen (secondary N) is 3. The van der Waals surface area contributed by atoms with E-state index >= 15 is 0 Å². The highest BCUT2D eigenvalue weighted by Gasteiger charge is 2.43. The summed E-state index contributed by atoms with van der Waals surface area (Å²) in [5.41, 5.74) is 1.90. The van der Waals surface area contributed by atoms with E-state index in [2.05, 4.69) is 5.10 Å². The van der Waals surface area contributed by atoms with E-state index in [4.69, 9.17) is 0 Å². The quantitative estimate of drug-likeness (QED) is 0.295. The number of aromatic hydroxyl groups is 1. The van der Waals surface area contributed by atoms with Gasteiger partial charge in [-0.25, -0.2) is 5.43 Å². The average molecular weight is 307 g/mol. The fraction of sp³-hybridized carbons (Fsp3) is 0.0909. The molecule has 1 aromatic rings. The van der Waals surface area contributed by atoms with Crippen molar-refractivity contribution >= 4 is 23.7 Å². The van der Waals surface area contributed by atoms with Gasteiger partial charge in [0.15, 0.2) is 0 Å². The normalized spacial score (nSPS) is 17.3. The third-order valence-corrected chi connectivity index (χ3v) is 2.61. The lowest BCUT2D eigenvalue weighted by Crippen LogP contribution is -2.62. The molecule has 0 atom stereocenters. The molecule has 1 fully saturated rings. The maximum absolute atomic E-state index is 11.7. The predicted octanol–water partition coefficient (Wildman–Crippen LogP) is -1.72. The van der Waals surface area contributed by atoms with E-state index in [9.17, 15) is 29.6 Å². The second-order valence-electron chi connectivity index (χ2n) is 4.08. The van der Waals surface area contributed by atoms with Crippen LogP contribution in [0.25, 0.3) is 0 Å². The number of carbonyl (C=O) groups is 3. The Balaban J connectivity index is 2.08. The molecule has 0 aromatic heterocycles. The van der Waals surface area contributed by atoms with Gasteiger partial charge in [0.25, 0.3) is 5.91 Å². The number of hydrazone groups is 1. The first-order chi connectivity index (χ1) is 10.4. The molecular formula is C11H9N5O6. The molecule has 0 saturated carbocycles. The van der Waals surface area contributed by atoms with Crippen molar-refractivity contribution < 1.29 is 24.4 Å². The molecule has 0 unspecified atom stereocenters. The largest absolute Gasteiger partial charge is 0.507 e. The van der Waals surface area contributed by atoms with Crippen LogP contribution in [-0.4, -0.2) is 39.8 Å². The Hall–Kier alpha value is -3.50. The Morgan fingerprint density at radius 2 is 1.86 bits per heavy atom. The van der Waals surface area contributed by atoms with Crippen molar-refractivity contribution in [2.24, 2.45) is 5.10 Å². The van der Waals surface area contributed by atoms with Crippen molar-refractivity contribution in [1.29, 1.82) is 0 Å². The van der Waals surface area contributed by atoms with Gasteiger partial charge < -0.3 is 5.11 Å². The highest BCUT2D eigenvalue weighted by Crippen LogP contribution is 2.14. The summed E-state index contributed by atoms with van der Waals surface area (Å²) < 4.78 is 0. The molecule has 11 heteroatoms. The van der Waals surface area contributed by atoms with Crippen LogP contribution in [0.3, 0.4) is 0 Å². The van der Waals surface area contributed by atoms with E-state index in [0.29, 0.717) is 0 Å². The number of amides is 3. The summed E-state index contributed by atoms with van der Waals surface area (Å²) in [7, 11) is 0. The highest BCUT2D eigenvalue weighted by atomic mass is 16.6. The van der Waals surface area contributed by atoms with Crippen LogP contribution < -0.4 is 16.1 Å². The van der Waals surface area contributed by atoms with Crippen LogP contribution in [0.1, 0.15) is 10.4 Å². The summed E-state index contributed by atoms with van der Waals surface area (Å²) >= 11 is 0. The summed E-state index contributed by atoms with van der Waals surface area (Å²) in [5, 5.41) is 27.3. The van der Waals surface area contributed by atoms with Gasteiger partial charge in [-0.3, -0.25) is 35.1 Å². The van der Waals surface area contributed by atoms with Crippen LogP contribution in [0.5, 0.6) is 5.75 Å². The summed E-state index contributed by atoms with van der Waals surface area (Å²) in [6, 6.07) is 3.55. The molecule has 0 spiro atoms. The number of nitrogens with zero attached hydrogens (tertiary/aromatic N) is 2. The van der Waals surface area contributed by atoms with E-state index in [-0.39, 0.29) is 11.3 Å². The van der Waals surface area contributed by atoms with Crippen LogP contribution >= 0.6 is 0 Å². The number of phenols is 1. The number of para-hydroxylation sites is 1. The SMILES string of the molecule is O=C(NN=C1NC(=O)C([N+](=O)[O-])C(=O)N1)c1ccccc1O. The first-order valence-corrected chi connectivity index (χ1v) is 5.81. The molecule has 0 aliphatic carbocycles. The molecule has 1 aliphatic rings. The van der Waals surface area contributed by atoms with Crippen molar-refractivity contribution in [3.63, 3.8) is 0 Å². The molecule has 0 bridgehead atoms. The lowest BCUT2D eigenvalue weighted by molar-refractivity contribution is -0.494.